The average Bonchev–Trinajstić information content (AvgIpc) is 3.26. The highest BCUT2D eigenvalue weighted by Gasteiger charge is 2.11. The summed E-state index contributed by atoms with van der Waals surface area (Å²) in [5.41, 5.74) is 2.06. The number of benzene rings is 2. The number of aromatic amines is 1. The summed E-state index contributed by atoms with van der Waals surface area (Å²) in [5.74, 6) is 2.84. The van der Waals surface area contributed by atoms with Crippen LogP contribution in [0.2, 0.25) is 0 Å². The Kier molecular flexibility index (Phi) is 4.59. The summed E-state index contributed by atoms with van der Waals surface area (Å²) >= 11 is 0. The van der Waals surface area contributed by atoms with Crippen molar-refractivity contribution in [1.29, 1.82) is 0 Å². The summed E-state index contributed by atoms with van der Waals surface area (Å²) in [5, 5.41) is 6.28. The van der Waals surface area contributed by atoms with Crippen molar-refractivity contribution in [2.24, 2.45) is 0 Å². The molecule has 0 saturated carbocycles. The number of aromatic nitrogens is 6. The molecule has 0 bridgehead atoms. The van der Waals surface area contributed by atoms with Crippen LogP contribution in [0.15, 0.2) is 79.4 Å². The highest BCUT2D eigenvalue weighted by Crippen LogP contribution is 2.26. The molecular weight excluding hydrogens is 380 g/mol. The molecule has 0 amide bonds. The minimum absolute atomic E-state index is 0.340. The van der Waals surface area contributed by atoms with Gasteiger partial charge in [-0.2, -0.15) is 9.97 Å². The third kappa shape index (κ3) is 3.85. The van der Waals surface area contributed by atoms with E-state index in [0.717, 1.165) is 17.2 Å². The normalized spacial score (nSPS) is 10.7. The van der Waals surface area contributed by atoms with Gasteiger partial charge in [0.15, 0.2) is 11.5 Å². The van der Waals surface area contributed by atoms with Gasteiger partial charge in [0.05, 0.1) is 6.33 Å². The van der Waals surface area contributed by atoms with Gasteiger partial charge in [0.25, 0.3) is 0 Å². The number of nitrogens with zero attached hydrogens (tertiary/aromatic N) is 5. The molecule has 5 aromatic rings. The van der Waals surface area contributed by atoms with E-state index in [1.807, 2.05) is 54.6 Å². The van der Waals surface area contributed by atoms with E-state index in [1.165, 1.54) is 0 Å². The van der Waals surface area contributed by atoms with Crippen molar-refractivity contribution in [3.63, 3.8) is 0 Å². The third-order valence-electron chi connectivity index (χ3n) is 4.17. The van der Waals surface area contributed by atoms with Gasteiger partial charge in [0, 0.05) is 18.1 Å². The summed E-state index contributed by atoms with van der Waals surface area (Å²) in [6, 6.07) is 19.0. The van der Waals surface area contributed by atoms with Crippen LogP contribution in [0.4, 0.5) is 23.4 Å². The molecule has 0 saturated heterocycles. The molecule has 9 nitrogen and oxygen atoms in total. The maximum Gasteiger partial charge on any atom is 0.233 e. The van der Waals surface area contributed by atoms with Crippen molar-refractivity contribution in [1.82, 2.24) is 29.9 Å². The molecule has 5 rings (SSSR count). The van der Waals surface area contributed by atoms with Crippen LogP contribution in [0.3, 0.4) is 0 Å². The van der Waals surface area contributed by atoms with E-state index in [-0.39, 0.29) is 0 Å². The maximum atomic E-state index is 5.83. The second kappa shape index (κ2) is 7.84. The number of H-pyrrole nitrogens is 1. The fraction of sp³-hybridized carbons (Fsp3) is 0. The first-order chi connectivity index (χ1) is 14.8. The minimum Gasteiger partial charge on any atom is -0.457 e. The van der Waals surface area contributed by atoms with E-state index in [4.69, 9.17) is 4.74 Å². The molecule has 0 aliphatic rings. The van der Waals surface area contributed by atoms with Gasteiger partial charge in [-0.1, -0.05) is 18.2 Å². The number of rotatable bonds is 6. The summed E-state index contributed by atoms with van der Waals surface area (Å²) in [4.78, 5) is 24.5. The van der Waals surface area contributed by atoms with Gasteiger partial charge in [-0.25, -0.2) is 15.0 Å². The number of para-hydroxylation sites is 1. The number of imidazole rings is 1. The fourth-order valence-corrected chi connectivity index (χ4v) is 2.81. The quantitative estimate of drug-likeness (QED) is 0.386. The Bertz CT molecular complexity index is 1260. The number of hydrogen-bond donors (Lipinski definition) is 3. The zero-order valence-electron chi connectivity index (χ0n) is 15.6. The zero-order valence-corrected chi connectivity index (χ0v) is 15.6. The first-order valence-electron chi connectivity index (χ1n) is 9.19. The molecule has 0 radical (unpaired) electrons. The second-order valence-corrected chi connectivity index (χ2v) is 6.26. The molecule has 0 atom stereocenters. The Balaban J connectivity index is 1.38. The molecule has 9 heteroatoms. The van der Waals surface area contributed by atoms with E-state index in [2.05, 4.69) is 40.5 Å². The largest absolute Gasteiger partial charge is 0.457 e. The Hall–Kier alpha value is -4.53. The summed E-state index contributed by atoms with van der Waals surface area (Å²) in [6.07, 6.45) is 4.85. The van der Waals surface area contributed by atoms with E-state index >= 15 is 0 Å². The highest BCUT2D eigenvalue weighted by atomic mass is 16.5. The Labute approximate surface area is 171 Å². The minimum atomic E-state index is 0.340. The van der Waals surface area contributed by atoms with Crippen LogP contribution in [0, 0.1) is 0 Å². The average molecular weight is 396 g/mol. The number of fused-ring (bicyclic) bond motifs is 1. The van der Waals surface area contributed by atoms with Crippen LogP contribution < -0.4 is 15.4 Å². The SMILES string of the molecule is c1ccc(Oc2ccc(Nc3nc(Nc4ncccn4)nc4nc[nH]c34)cc2)cc1. The monoisotopic (exact) mass is 396 g/mol. The number of nitrogens with one attached hydrogen (secondary N) is 3. The van der Waals surface area contributed by atoms with Crippen LogP contribution in [0.1, 0.15) is 0 Å². The van der Waals surface area contributed by atoms with Gasteiger partial charge in [0.2, 0.25) is 11.9 Å². The predicted molar refractivity (Wildman–Crippen MR) is 113 cm³/mol. The van der Waals surface area contributed by atoms with E-state index in [0.29, 0.717) is 28.9 Å². The Morgan fingerprint density at radius 1 is 0.700 bits per heavy atom. The first kappa shape index (κ1) is 17.6. The topological polar surface area (TPSA) is 114 Å². The Morgan fingerprint density at radius 3 is 2.27 bits per heavy atom. The predicted octanol–water partition coefficient (Wildman–Crippen LogP) is 4.42. The van der Waals surface area contributed by atoms with E-state index < -0.39 is 0 Å². The molecule has 0 spiro atoms. The molecule has 3 aromatic heterocycles. The number of anilines is 4. The van der Waals surface area contributed by atoms with Crippen LogP contribution in [-0.2, 0) is 0 Å². The van der Waals surface area contributed by atoms with Crippen LogP contribution >= 0.6 is 0 Å². The van der Waals surface area contributed by atoms with Gasteiger partial charge >= 0.3 is 0 Å². The fourth-order valence-electron chi connectivity index (χ4n) is 2.81. The van der Waals surface area contributed by atoms with Gasteiger partial charge < -0.3 is 15.0 Å². The first-order valence-corrected chi connectivity index (χ1v) is 9.19. The van der Waals surface area contributed by atoms with Crippen molar-refractivity contribution < 1.29 is 4.74 Å². The van der Waals surface area contributed by atoms with Gasteiger partial charge in [-0.15, -0.1) is 0 Å². The number of hydrogen-bond acceptors (Lipinski definition) is 8. The van der Waals surface area contributed by atoms with Crippen molar-refractivity contribution in [3.8, 4) is 11.5 Å². The molecule has 2 aromatic carbocycles. The van der Waals surface area contributed by atoms with Crippen molar-refractivity contribution in [2.45, 2.75) is 0 Å². The molecular formula is C21H16N8O. The molecule has 3 N–H and O–H groups in total. The molecule has 3 heterocycles. The van der Waals surface area contributed by atoms with Gasteiger partial charge in [-0.3, -0.25) is 5.32 Å². The third-order valence-corrected chi connectivity index (χ3v) is 4.17. The van der Waals surface area contributed by atoms with Gasteiger partial charge in [-0.05, 0) is 42.5 Å². The molecule has 0 aliphatic carbocycles. The lowest BCUT2D eigenvalue weighted by Gasteiger charge is -2.10. The molecule has 0 aliphatic heterocycles. The number of ether oxygens (including phenoxy) is 1. The maximum absolute atomic E-state index is 5.83. The van der Waals surface area contributed by atoms with Crippen LogP contribution in [-0.4, -0.2) is 29.9 Å². The zero-order chi connectivity index (χ0) is 20.2. The van der Waals surface area contributed by atoms with Crippen molar-refractivity contribution in [2.75, 3.05) is 10.6 Å². The molecule has 0 fully saturated rings. The second-order valence-electron chi connectivity index (χ2n) is 6.26. The van der Waals surface area contributed by atoms with Crippen molar-refractivity contribution in [3.05, 3.63) is 79.4 Å². The lowest BCUT2D eigenvalue weighted by atomic mass is 10.3. The standard InChI is InChI=1S/C21H16N8O/c1-2-5-15(6-3-1)30-16-9-7-14(8-10-16)26-19-17-18(25-13-24-17)27-21(28-19)29-20-22-11-4-12-23-20/h1-13H,(H3,22,23,24,25,26,27,28,29). The summed E-state index contributed by atoms with van der Waals surface area (Å²) in [7, 11) is 0. The lowest BCUT2D eigenvalue weighted by Crippen LogP contribution is -2.04. The van der Waals surface area contributed by atoms with E-state index in [9.17, 15) is 0 Å². The molecule has 146 valence electrons. The summed E-state index contributed by atoms with van der Waals surface area (Å²) in [6.45, 7) is 0. The van der Waals surface area contributed by atoms with Crippen LogP contribution in [0.25, 0.3) is 11.2 Å². The van der Waals surface area contributed by atoms with Gasteiger partial charge in [0.1, 0.15) is 17.0 Å². The molecule has 0 unspecified atom stereocenters. The van der Waals surface area contributed by atoms with E-state index in [1.54, 1.807) is 24.8 Å². The Morgan fingerprint density at radius 2 is 1.47 bits per heavy atom. The lowest BCUT2D eigenvalue weighted by molar-refractivity contribution is 0.483. The molecule has 30 heavy (non-hydrogen) atoms. The highest BCUT2D eigenvalue weighted by molar-refractivity contribution is 5.86. The van der Waals surface area contributed by atoms with Crippen molar-refractivity contribution >= 4 is 34.6 Å². The summed E-state index contributed by atoms with van der Waals surface area (Å²) < 4.78 is 5.83. The van der Waals surface area contributed by atoms with Crippen LogP contribution in [0.5, 0.6) is 11.5 Å². The smallest absolute Gasteiger partial charge is 0.233 e.